The zero-order valence-corrected chi connectivity index (χ0v) is 30.7. The monoisotopic (exact) mass is 741 g/mol. The number of nitrogens with zero attached hydrogens (tertiary/aromatic N) is 4. The third kappa shape index (κ3) is 11.2. The molecule has 54 heavy (non-hydrogen) atoms. The highest BCUT2D eigenvalue weighted by Crippen LogP contribution is 2.24. The van der Waals surface area contributed by atoms with Gasteiger partial charge in [-0.2, -0.15) is 5.10 Å². The number of nitrogens with one attached hydrogen (secondary N) is 2. The van der Waals surface area contributed by atoms with E-state index in [-0.39, 0.29) is 56.2 Å². The molecule has 0 fully saturated rings. The maximum Gasteiger partial charge on any atom is 0.274 e. The zero-order valence-electron chi connectivity index (χ0n) is 30.7. The predicted molar refractivity (Wildman–Crippen MR) is 201 cm³/mol. The molecular formula is C39H47N7O8. The number of ketones is 1. The number of anilines is 1. The van der Waals surface area contributed by atoms with Crippen LogP contribution in [-0.4, -0.2) is 94.9 Å². The number of aromatic nitrogens is 2. The second-order valence-corrected chi connectivity index (χ2v) is 13.5. The number of nitrogens with two attached hydrogens (primary N) is 1. The third-order valence-electron chi connectivity index (χ3n) is 8.73. The number of ether oxygens (including phenoxy) is 2. The molecule has 0 spiro atoms. The fourth-order valence-corrected chi connectivity index (χ4v) is 5.91. The fraction of sp³-hybridized carbons (Fsp3) is 0.410. The van der Waals surface area contributed by atoms with Crippen molar-refractivity contribution in [2.45, 2.75) is 58.1 Å². The number of carbonyl (C=O) groups excluding carboxylic acids is 4. The van der Waals surface area contributed by atoms with Crippen molar-refractivity contribution in [1.29, 1.82) is 0 Å². The van der Waals surface area contributed by atoms with Crippen LogP contribution >= 0.6 is 0 Å². The van der Waals surface area contributed by atoms with Crippen molar-refractivity contribution < 1.29 is 38.2 Å². The molecule has 5 rings (SSSR count). The molecule has 0 unspecified atom stereocenters. The Morgan fingerprint density at radius 1 is 1.04 bits per heavy atom. The summed E-state index contributed by atoms with van der Waals surface area (Å²) >= 11 is 0. The number of Topliss-reactive ketones (excluding diaryl/α,β-unsaturated/α-hetero) is 1. The summed E-state index contributed by atoms with van der Waals surface area (Å²) in [6.07, 6.45) is 1.57. The van der Waals surface area contributed by atoms with Crippen LogP contribution in [-0.2, 0) is 25.5 Å². The smallest absolute Gasteiger partial charge is 0.274 e. The summed E-state index contributed by atoms with van der Waals surface area (Å²) < 4.78 is 17.1. The van der Waals surface area contributed by atoms with Gasteiger partial charge in [0.15, 0.2) is 11.4 Å². The first kappa shape index (κ1) is 39.7. The van der Waals surface area contributed by atoms with E-state index in [1.807, 2.05) is 44.2 Å². The van der Waals surface area contributed by atoms with Gasteiger partial charge < -0.3 is 35.4 Å². The molecule has 2 aromatic heterocycles. The van der Waals surface area contributed by atoms with Crippen molar-refractivity contribution in [2.24, 2.45) is 22.7 Å². The molecule has 5 N–H and O–H groups in total. The molecule has 286 valence electrons. The van der Waals surface area contributed by atoms with E-state index in [0.717, 1.165) is 5.56 Å². The number of hydrogen-bond acceptors (Lipinski definition) is 12. The highest BCUT2D eigenvalue weighted by molar-refractivity contribution is 6.04. The Hall–Kier alpha value is -5.51. The minimum Gasteiger partial charge on any atom is -0.490 e. The van der Waals surface area contributed by atoms with Gasteiger partial charge in [-0.25, -0.2) is 15.0 Å². The number of pyridine rings is 1. The Kier molecular flexibility index (Phi) is 14.0. The highest BCUT2D eigenvalue weighted by Gasteiger charge is 2.29. The van der Waals surface area contributed by atoms with Gasteiger partial charge in [0.25, 0.3) is 5.91 Å². The number of amides is 3. The molecule has 0 aliphatic carbocycles. The van der Waals surface area contributed by atoms with Gasteiger partial charge >= 0.3 is 0 Å². The van der Waals surface area contributed by atoms with Gasteiger partial charge in [-0.05, 0) is 54.7 Å². The summed E-state index contributed by atoms with van der Waals surface area (Å²) in [5.74, 6) is -0.869. The van der Waals surface area contributed by atoms with E-state index in [0.29, 0.717) is 59.8 Å². The van der Waals surface area contributed by atoms with Crippen LogP contribution in [0.15, 0.2) is 76.4 Å². The lowest BCUT2D eigenvalue weighted by Crippen LogP contribution is -2.44. The van der Waals surface area contributed by atoms with Crippen LogP contribution in [0.5, 0.6) is 5.75 Å². The zero-order chi connectivity index (χ0) is 38.6. The minimum absolute atomic E-state index is 0.0730. The van der Waals surface area contributed by atoms with Crippen molar-refractivity contribution in [2.75, 3.05) is 38.7 Å². The van der Waals surface area contributed by atoms with Crippen molar-refractivity contribution in [3.8, 4) is 5.75 Å². The molecule has 3 amide bonds. The van der Waals surface area contributed by atoms with Gasteiger partial charge in [-0.3, -0.25) is 19.2 Å². The molecule has 3 heterocycles. The van der Waals surface area contributed by atoms with E-state index in [1.165, 1.54) is 11.2 Å². The SMILES string of the molecule is CC(C)C[C@H](CC(=O)[C@@H](O)[C@H](N)Cc1ccccc1)C(=O)NCCOCCOc1ccc(C(=O)Nc2ccc3oc(C4=NN(C)C(=O)CC4)nc3c2)nc1. The summed E-state index contributed by atoms with van der Waals surface area (Å²) in [5.41, 5.74) is 9.37. The van der Waals surface area contributed by atoms with Crippen LogP contribution in [0.4, 0.5) is 5.69 Å². The first-order chi connectivity index (χ1) is 26.0. The number of rotatable bonds is 19. The van der Waals surface area contributed by atoms with E-state index in [2.05, 4.69) is 25.7 Å². The molecule has 0 saturated heterocycles. The maximum atomic E-state index is 13.0. The van der Waals surface area contributed by atoms with E-state index >= 15 is 0 Å². The molecule has 15 heteroatoms. The largest absolute Gasteiger partial charge is 0.490 e. The van der Waals surface area contributed by atoms with Crippen LogP contribution < -0.4 is 21.1 Å². The van der Waals surface area contributed by atoms with Crippen molar-refractivity contribution in [1.82, 2.24) is 20.3 Å². The van der Waals surface area contributed by atoms with Crippen LogP contribution in [0.25, 0.3) is 11.1 Å². The van der Waals surface area contributed by atoms with Gasteiger partial charge in [-0.15, -0.1) is 0 Å². The normalized spacial score (nSPS) is 14.7. The summed E-state index contributed by atoms with van der Waals surface area (Å²) in [6, 6.07) is 16.9. The molecule has 15 nitrogen and oxygen atoms in total. The number of benzene rings is 2. The van der Waals surface area contributed by atoms with Crippen molar-refractivity contribution in [3.05, 3.63) is 84.0 Å². The van der Waals surface area contributed by atoms with Crippen LogP contribution in [0.1, 0.15) is 61.5 Å². The van der Waals surface area contributed by atoms with Crippen molar-refractivity contribution in [3.63, 3.8) is 0 Å². The molecule has 0 bridgehead atoms. The summed E-state index contributed by atoms with van der Waals surface area (Å²) in [7, 11) is 1.59. The second kappa shape index (κ2) is 19.0. The summed E-state index contributed by atoms with van der Waals surface area (Å²) in [5, 5.41) is 21.7. The maximum absolute atomic E-state index is 13.0. The first-order valence-corrected chi connectivity index (χ1v) is 18.0. The lowest BCUT2D eigenvalue weighted by molar-refractivity contribution is -0.134. The highest BCUT2D eigenvalue weighted by atomic mass is 16.5. The minimum atomic E-state index is -1.36. The van der Waals surface area contributed by atoms with Crippen LogP contribution in [0.2, 0.25) is 0 Å². The summed E-state index contributed by atoms with van der Waals surface area (Å²) in [6.45, 7) is 4.87. The quantitative estimate of drug-likeness (QED) is 0.102. The molecule has 2 aromatic carbocycles. The number of hydrazone groups is 1. The van der Waals surface area contributed by atoms with Gasteiger partial charge in [0.1, 0.15) is 35.4 Å². The molecule has 1 aliphatic heterocycles. The Morgan fingerprint density at radius 2 is 1.83 bits per heavy atom. The number of aliphatic hydroxyl groups excluding tert-OH is 1. The molecule has 1 aliphatic rings. The molecular weight excluding hydrogens is 694 g/mol. The average molecular weight is 742 g/mol. The number of aliphatic hydroxyl groups is 1. The lowest BCUT2D eigenvalue weighted by Gasteiger charge is -2.22. The Bertz CT molecular complexity index is 1930. The van der Waals surface area contributed by atoms with E-state index in [1.54, 1.807) is 37.4 Å². The first-order valence-electron chi connectivity index (χ1n) is 18.0. The van der Waals surface area contributed by atoms with Crippen LogP contribution in [0.3, 0.4) is 0 Å². The topological polar surface area (TPSA) is 212 Å². The Balaban J connectivity index is 0.999. The molecule has 0 saturated carbocycles. The Labute approximate surface area is 313 Å². The predicted octanol–water partition coefficient (Wildman–Crippen LogP) is 3.50. The number of hydrogen-bond donors (Lipinski definition) is 4. The number of carbonyl (C=O) groups is 4. The number of oxazole rings is 1. The molecule has 4 aromatic rings. The lowest BCUT2D eigenvalue weighted by atomic mass is 9.88. The van der Waals surface area contributed by atoms with E-state index in [4.69, 9.17) is 19.6 Å². The standard InChI is InChI=1S/C39H47N7O8/c1-24(2)19-26(21-33(47)36(49)29(40)20-25-7-5-4-6-8-25)37(50)41-15-16-52-17-18-53-28-10-11-30(42-23-28)38(51)43-27-9-13-34-32(22-27)44-39(54-34)31-12-14-35(48)46(3)45-31/h4-11,13,22-24,26,29,36,49H,12,14-21,40H2,1-3H3,(H,41,50)(H,43,51)/t26-,29-,36+/m1/s1. The van der Waals surface area contributed by atoms with Gasteiger partial charge in [0.2, 0.25) is 17.7 Å². The van der Waals surface area contributed by atoms with Gasteiger partial charge in [0, 0.05) is 50.5 Å². The van der Waals surface area contributed by atoms with E-state index in [9.17, 15) is 24.3 Å². The van der Waals surface area contributed by atoms with Gasteiger partial charge in [0.05, 0.1) is 19.4 Å². The van der Waals surface area contributed by atoms with Crippen LogP contribution in [0, 0.1) is 11.8 Å². The number of fused-ring (bicyclic) bond motifs is 1. The Morgan fingerprint density at radius 3 is 2.56 bits per heavy atom. The fourth-order valence-electron chi connectivity index (χ4n) is 5.91. The van der Waals surface area contributed by atoms with Gasteiger partial charge in [-0.1, -0.05) is 44.2 Å². The molecule has 0 radical (unpaired) electrons. The summed E-state index contributed by atoms with van der Waals surface area (Å²) in [4.78, 5) is 59.1. The molecule has 3 atom stereocenters. The third-order valence-corrected chi connectivity index (χ3v) is 8.73. The second-order valence-electron chi connectivity index (χ2n) is 13.5. The average Bonchev–Trinajstić information content (AvgIpc) is 3.59. The van der Waals surface area contributed by atoms with Crippen molar-refractivity contribution >= 4 is 46.0 Å². The van der Waals surface area contributed by atoms with E-state index < -0.39 is 29.8 Å².